The van der Waals surface area contributed by atoms with Crippen molar-refractivity contribution in [3.05, 3.63) is 48.1 Å². The standard InChI is InChI=1S/C11H17N5/c1-7(12)10(11(14)15-2)16-9-5-3-8(13)4-6-9/h3-6,15-16H,1,12-14H2,2H3/b11-10-. The zero-order valence-electron chi connectivity index (χ0n) is 9.25. The monoisotopic (exact) mass is 219 g/mol. The predicted octanol–water partition coefficient (Wildman–Crippen LogP) is 0.500. The lowest BCUT2D eigenvalue weighted by atomic mass is 10.2. The van der Waals surface area contributed by atoms with Gasteiger partial charge in [-0.2, -0.15) is 0 Å². The van der Waals surface area contributed by atoms with E-state index in [1.54, 1.807) is 19.2 Å². The minimum Gasteiger partial charge on any atom is -0.399 e. The summed E-state index contributed by atoms with van der Waals surface area (Å²) in [7, 11) is 1.71. The molecule has 1 aromatic carbocycles. The van der Waals surface area contributed by atoms with Crippen LogP contribution in [0.25, 0.3) is 0 Å². The second-order valence-electron chi connectivity index (χ2n) is 3.31. The summed E-state index contributed by atoms with van der Waals surface area (Å²) < 4.78 is 0. The summed E-state index contributed by atoms with van der Waals surface area (Å²) in [5.74, 6) is 0.435. The molecule has 16 heavy (non-hydrogen) atoms. The lowest BCUT2D eigenvalue weighted by Gasteiger charge is -2.14. The van der Waals surface area contributed by atoms with Crippen molar-refractivity contribution in [3.8, 4) is 0 Å². The topological polar surface area (TPSA) is 102 Å². The maximum absolute atomic E-state index is 5.74. The van der Waals surface area contributed by atoms with Gasteiger partial charge in [-0.05, 0) is 24.3 Å². The Balaban J connectivity index is 2.93. The third kappa shape index (κ3) is 2.84. The molecule has 1 rings (SSSR count). The molecule has 0 bridgehead atoms. The molecule has 0 saturated carbocycles. The van der Waals surface area contributed by atoms with Gasteiger partial charge in [-0.3, -0.25) is 0 Å². The van der Waals surface area contributed by atoms with Crippen molar-refractivity contribution in [2.75, 3.05) is 18.1 Å². The molecule has 1 aromatic rings. The maximum atomic E-state index is 5.74. The molecule has 86 valence electrons. The molecule has 0 aliphatic heterocycles. The number of hydrogen-bond donors (Lipinski definition) is 5. The number of anilines is 2. The lowest BCUT2D eigenvalue weighted by molar-refractivity contribution is 0.937. The van der Waals surface area contributed by atoms with Gasteiger partial charge in [0.2, 0.25) is 0 Å². The smallest absolute Gasteiger partial charge is 0.122 e. The molecule has 8 N–H and O–H groups in total. The molecule has 0 radical (unpaired) electrons. The Bertz CT molecular complexity index is 405. The van der Waals surface area contributed by atoms with Gasteiger partial charge in [-0.1, -0.05) is 6.58 Å². The van der Waals surface area contributed by atoms with Crippen LogP contribution in [0, 0.1) is 0 Å². The van der Waals surface area contributed by atoms with Gasteiger partial charge in [0, 0.05) is 18.4 Å². The van der Waals surface area contributed by atoms with Gasteiger partial charge in [0.05, 0.1) is 5.70 Å². The van der Waals surface area contributed by atoms with E-state index in [-0.39, 0.29) is 0 Å². The Hall–Kier alpha value is -2.30. The molecule has 0 aromatic heterocycles. The SMILES string of the molecule is C=C(N)/C(Nc1ccc(N)cc1)=C(\N)NC. The van der Waals surface area contributed by atoms with Crippen molar-refractivity contribution in [1.82, 2.24) is 5.32 Å². The van der Waals surface area contributed by atoms with Gasteiger partial charge in [0.15, 0.2) is 0 Å². The summed E-state index contributed by atoms with van der Waals surface area (Å²) in [6.45, 7) is 3.65. The highest BCUT2D eigenvalue weighted by Crippen LogP contribution is 2.15. The van der Waals surface area contributed by atoms with Gasteiger partial charge in [-0.15, -0.1) is 0 Å². The summed E-state index contributed by atoms with van der Waals surface area (Å²) in [5.41, 5.74) is 19.4. The summed E-state index contributed by atoms with van der Waals surface area (Å²) in [5, 5.41) is 5.88. The molecule has 0 aliphatic carbocycles. The molecular weight excluding hydrogens is 202 g/mol. The van der Waals surface area contributed by atoms with E-state index in [0.29, 0.717) is 22.9 Å². The van der Waals surface area contributed by atoms with Gasteiger partial charge in [-0.25, -0.2) is 0 Å². The Morgan fingerprint density at radius 3 is 2.19 bits per heavy atom. The summed E-state index contributed by atoms with van der Waals surface area (Å²) in [6, 6.07) is 7.24. The third-order valence-electron chi connectivity index (χ3n) is 2.04. The van der Waals surface area contributed by atoms with Crippen LogP contribution in [-0.2, 0) is 0 Å². The first-order chi connectivity index (χ1) is 7.54. The lowest BCUT2D eigenvalue weighted by Crippen LogP contribution is -2.23. The van der Waals surface area contributed by atoms with Crippen LogP contribution in [0.15, 0.2) is 48.1 Å². The Morgan fingerprint density at radius 2 is 1.75 bits per heavy atom. The van der Waals surface area contributed by atoms with Crippen molar-refractivity contribution in [2.24, 2.45) is 11.5 Å². The van der Waals surface area contributed by atoms with E-state index >= 15 is 0 Å². The highest BCUT2D eigenvalue weighted by atomic mass is 15.0. The van der Waals surface area contributed by atoms with Crippen molar-refractivity contribution >= 4 is 11.4 Å². The fourth-order valence-electron chi connectivity index (χ4n) is 1.16. The molecule has 0 saturated heterocycles. The first-order valence-corrected chi connectivity index (χ1v) is 4.79. The number of benzene rings is 1. The van der Waals surface area contributed by atoms with Crippen LogP contribution in [0.3, 0.4) is 0 Å². The Labute approximate surface area is 95.0 Å². The average molecular weight is 219 g/mol. The molecule has 0 spiro atoms. The van der Waals surface area contributed by atoms with E-state index in [2.05, 4.69) is 17.2 Å². The highest BCUT2D eigenvalue weighted by molar-refractivity contribution is 5.57. The van der Waals surface area contributed by atoms with E-state index in [0.717, 1.165) is 5.69 Å². The van der Waals surface area contributed by atoms with Crippen molar-refractivity contribution in [2.45, 2.75) is 0 Å². The predicted molar refractivity (Wildman–Crippen MR) is 68.1 cm³/mol. The summed E-state index contributed by atoms with van der Waals surface area (Å²) in [4.78, 5) is 0. The largest absolute Gasteiger partial charge is 0.399 e. The molecule has 5 nitrogen and oxygen atoms in total. The van der Waals surface area contributed by atoms with E-state index in [9.17, 15) is 0 Å². The highest BCUT2D eigenvalue weighted by Gasteiger charge is 2.04. The van der Waals surface area contributed by atoms with Gasteiger partial charge < -0.3 is 27.8 Å². The molecule has 0 aliphatic rings. The molecule has 0 amide bonds. The second kappa shape index (κ2) is 4.97. The average Bonchev–Trinajstić information content (AvgIpc) is 2.27. The van der Waals surface area contributed by atoms with E-state index < -0.39 is 0 Å². The van der Waals surface area contributed by atoms with Gasteiger partial charge in [0.1, 0.15) is 11.5 Å². The maximum Gasteiger partial charge on any atom is 0.122 e. The van der Waals surface area contributed by atoms with Gasteiger partial charge >= 0.3 is 0 Å². The van der Waals surface area contributed by atoms with Crippen LogP contribution in [0.5, 0.6) is 0 Å². The molecule has 0 fully saturated rings. The van der Waals surface area contributed by atoms with Crippen LogP contribution < -0.4 is 27.8 Å². The van der Waals surface area contributed by atoms with Crippen molar-refractivity contribution in [1.29, 1.82) is 0 Å². The van der Waals surface area contributed by atoms with Crippen molar-refractivity contribution in [3.63, 3.8) is 0 Å². The van der Waals surface area contributed by atoms with Crippen molar-refractivity contribution < 1.29 is 0 Å². The molecule has 5 heteroatoms. The number of nitrogen functional groups attached to an aromatic ring is 1. The summed E-state index contributed by atoms with van der Waals surface area (Å²) in [6.07, 6.45) is 0. The van der Waals surface area contributed by atoms with Crippen LogP contribution in [0.4, 0.5) is 11.4 Å². The third-order valence-corrected chi connectivity index (χ3v) is 2.04. The first-order valence-electron chi connectivity index (χ1n) is 4.79. The number of hydrogen-bond acceptors (Lipinski definition) is 5. The fourth-order valence-corrected chi connectivity index (χ4v) is 1.16. The Morgan fingerprint density at radius 1 is 1.19 bits per heavy atom. The van der Waals surface area contributed by atoms with Crippen LogP contribution in [-0.4, -0.2) is 7.05 Å². The fraction of sp³-hybridized carbons (Fsp3) is 0.0909. The summed E-state index contributed by atoms with van der Waals surface area (Å²) >= 11 is 0. The van der Waals surface area contributed by atoms with E-state index in [1.165, 1.54) is 0 Å². The zero-order chi connectivity index (χ0) is 12.1. The van der Waals surface area contributed by atoms with Crippen LogP contribution in [0.2, 0.25) is 0 Å². The van der Waals surface area contributed by atoms with Crippen LogP contribution in [0.1, 0.15) is 0 Å². The second-order valence-corrected chi connectivity index (χ2v) is 3.31. The molecule has 0 atom stereocenters. The molecule has 0 heterocycles. The normalized spacial score (nSPS) is 11.6. The zero-order valence-corrected chi connectivity index (χ0v) is 9.25. The number of nitrogens with two attached hydrogens (primary N) is 3. The molecule has 0 unspecified atom stereocenters. The van der Waals surface area contributed by atoms with E-state index in [1.807, 2.05) is 12.1 Å². The number of nitrogens with one attached hydrogen (secondary N) is 2. The van der Waals surface area contributed by atoms with E-state index in [4.69, 9.17) is 17.2 Å². The molecular formula is C11H17N5. The van der Waals surface area contributed by atoms with Crippen LogP contribution >= 0.6 is 0 Å². The number of rotatable bonds is 4. The quantitative estimate of drug-likeness (QED) is 0.375. The minimum atomic E-state index is 0.365. The van der Waals surface area contributed by atoms with Gasteiger partial charge in [0.25, 0.3) is 0 Å². The Kier molecular flexibility index (Phi) is 3.66. The minimum absolute atomic E-state index is 0.365. The first kappa shape index (κ1) is 11.8.